The first-order chi connectivity index (χ1) is 23.5. The van der Waals surface area contributed by atoms with Crippen molar-refractivity contribution < 1.29 is 26.4 Å². The summed E-state index contributed by atoms with van der Waals surface area (Å²) in [4.78, 5) is 22.9. The van der Waals surface area contributed by atoms with Gasteiger partial charge >= 0.3 is 6.03 Å². The molecule has 11 nitrogen and oxygen atoms in total. The third-order valence-electron chi connectivity index (χ3n) is 8.27. The van der Waals surface area contributed by atoms with E-state index in [1.165, 1.54) is 21.3 Å². The number of hydrogen-bond donors (Lipinski definition) is 1. The van der Waals surface area contributed by atoms with E-state index in [1.54, 1.807) is 63.8 Å². The number of nitrogens with zero attached hydrogens (tertiary/aromatic N) is 4. The molecule has 2 heterocycles. The number of halogens is 4. The van der Waals surface area contributed by atoms with Crippen LogP contribution < -0.4 is 9.46 Å². The van der Waals surface area contributed by atoms with Crippen molar-refractivity contribution in [1.29, 1.82) is 0 Å². The van der Waals surface area contributed by atoms with Crippen LogP contribution in [0.3, 0.4) is 0 Å². The molecule has 17 heteroatoms. The SMILES string of the molecule is CCOc1cc(Cl)c(S(=O)(=O)NC(C)(C)C)cc1C1=N[C@@H](c2ccc(Cl)cc2)[C@@H](c2ccc(Cl)cc2)N1C(=O)N1CCN(S(=O)(=O)CC)CC1.Cl. The van der Waals surface area contributed by atoms with Gasteiger partial charge in [-0.3, -0.25) is 9.89 Å². The van der Waals surface area contributed by atoms with Crippen LogP contribution in [0.5, 0.6) is 5.75 Å². The van der Waals surface area contributed by atoms with Gasteiger partial charge in [0.1, 0.15) is 22.5 Å². The van der Waals surface area contributed by atoms with E-state index in [1.807, 2.05) is 24.3 Å². The number of amidine groups is 1. The molecule has 0 unspecified atom stereocenters. The van der Waals surface area contributed by atoms with E-state index in [4.69, 9.17) is 44.5 Å². The topological polar surface area (TPSA) is 129 Å². The van der Waals surface area contributed by atoms with Gasteiger partial charge in [0.25, 0.3) is 0 Å². The van der Waals surface area contributed by atoms with Crippen LogP contribution in [-0.4, -0.2) is 86.9 Å². The Hall–Kier alpha value is -2.62. The molecule has 5 rings (SSSR count). The molecule has 0 aliphatic carbocycles. The molecule has 3 aromatic carbocycles. The summed E-state index contributed by atoms with van der Waals surface area (Å²) in [6.45, 7) is 9.24. The molecule has 2 aliphatic rings. The van der Waals surface area contributed by atoms with Crippen molar-refractivity contribution in [3.05, 3.63) is 92.4 Å². The van der Waals surface area contributed by atoms with Gasteiger partial charge in [0.05, 0.1) is 29.0 Å². The molecule has 2 atom stereocenters. The Labute approximate surface area is 321 Å². The standard InChI is InChI=1S/C34H40Cl3N5O6S2.ClH/c1-6-48-28-21-27(37)29(50(46,47)39-34(3,4)5)20-26(28)32-38-30(22-8-12-24(35)13-9-22)31(23-10-14-25(36)15-11-23)42(32)33(43)40-16-18-41(19-17-40)49(44,45)7-2;/h8-15,20-21,30-31,39H,6-7,16-19H2,1-5H3;1H/t30-,31+;/m0./s1. The zero-order valence-electron chi connectivity index (χ0n) is 28.8. The highest BCUT2D eigenvalue weighted by Crippen LogP contribution is 2.46. The van der Waals surface area contributed by atoms with Crippen molar-refractivity contribution in [2.45, 2.75) is 57.1 Å². The maximum Gasteiger partial charge on any atom is 0.326 e. The summed E-state index contributed by atoms with van der Waals surface area (Å²) in [5.74, 6) is 0.345. The first kappa shape index (κ1) is 41.1. The molecule has 0 saturated carbocycles. The molecule has 2 aliphatic heterocycles. The van der Waals surface area contributed by atoms with Gasteiger partial charge in [0.2, 0.25) is 20.0 Å². The number of carbonyl (C=O) groups excluding carboxylic acids is 1. The van der Waals surface area contributed by atoms with Crippen LogP contribution in [0.25, 0.3) is 0 Å². The Morgan fingerprint density at radius 2 is 1.43 bits per heavy atom. The zero-order valence-corrected chi connectivity index (χ0v) is 33.5. The van der Waals surface area contributed by atoms with E-state index in [0.717, 1.165) is 5.56 Å². The number of carbonyl (C=O) groups is 1. The highest BCUT2D eigenvalue weighted by molar-refractivity contribution is 7.89. The fraction of sp³-hybridized carbons (Fsp3) is 0.412. The van der Waals surface area contributed by atoms with E-state index in [2.05, 4.69) is 4.72 Å². The van der Waals surface area contributed by atoms with E-state index in [0.29, 0.717) is 15.6 Å². The van der Waals surface area contributed by atoms with Gasteiger partial charge in [-0.25, -0.2) is 26.4 Å². The smallest absolute Gasteiger partial charge is 0.326 e. The molecule has 278 valence electrons. The maximum absolute atomic E-state index is 14.9. The maximum atomic E-state index is 14.9. The van der Waals surface area contributed by atoms with Gasteiger partial charge in [-0.15, -0.1) is 12.4 Å². The van der Waals surface area contributed by atoms with E-state index in [9.17, 15) is 21.6 Å². The molecule has 0 aromatic heterocycles. The average Bonchev–Trinajstić information content (AvgIpc) is 3.44. The minimum atomic E-state index is -4.15. The Bertz CT molecular complexity index is 1980. The number of aliphatic imine (C=N–C) groups is 1. The summed E-state index contributed by atoms with van der Waals surface area (Å²) in [6.07, 6.45) is 0. The van der Waals surface area contributed by atoms with Crippen LogP contribution in [-0.2, 0) is 20.0 Å². The van der Waals surface area contributed by atoms with Crippen molar-refractivity contribution >= 4 is 79.1 Å². The van der Waals surface area contributed by atoms with Gasteiger partial charge in [-0.05, 0) is 76.1 Å². The molecule has 3 aromatic rings. The number of urea groups is 1. The van der Waals surface area contributed by atoms with Crippen LogP contribution in [0.15, 0.2) is 70.6 Å². The Morgan fingerprint density at radius 3 is 1.94 bits per heavy atom. The minimum Gasteiger partial charge on any atom is -0.493 e. The Balaban J connectivity index is 0.00000583. The molecule has 51 heavy (non-hydrogen) atoms. The van der Waals surface area contributed by atoms with Crippen molar-refractivity contribution in [1.82, 2.24) is 18.8 Å². The second kappa shape index (κ2) is 16.2. The second-order valence-corrected chi connectivity index (χ2v) is 18.1. The highest BCUT2D eigenvalue weighted by atomic mass is 35.5. The summed E-state index contributed by atoms with van der Waals surface area (Å²) in [7, 11) is -7.61. The third kappa shape index (κ3) is 9.13. The lowest BCUT2D eigenvalue weighted by Crippen LogP contribution is -2.55. The van der Waals surface area contributed by atoms with Crippen LogP contribution in [0, 0.1) is 0 Å². The van der Waals surface area contributed by atoms with Crippen LogP contribution in [0.4, 0.5) is 4.79 Å². The lowest BCUT2D eigenvalue weighted by Gasteiger charge is -2.38. The predicted octanol–water partition coefficient (Wildman–Crippen LogP) is 7.18. The fourth-order valence-corrected chi connectivity index (χ4v) is 9.30. The summed E-state index contributed by atoms with van der Waals surface area (Å²) < 4.78 is 62.7. The number of amides is 2. The van der Waals surface area contributed by atoms with Crippen molar-refractivity contribution in [2.75, 3.05) is 38.5 Å². The first-order valence-electron chi connectivity index (χ1n) is 16.1. The largest absolute Gasteiger partial charge is 0.493 e. The molecule has 0 spiro atoms. The van der Waals surface area contributed by atoms with Crippen LogP contribution in [0.1, 0.15) is 63.4 Å². The van der Waals surface area contributed by atoms with Gasteiger partial charge in [-0.2, -0.15) is 4.31 Å². The number of rotatable bonds is 9. The number of hydrogen-bond acceptors (Lipinski definition) is 7. The van der Waals surface area contributed by atoms with E-state index >= 15 is 0 Å². The van der Waals surface area contributed by atoms with Gasteiger partial charge in [0.15, 0.2) is 0 Å². The predicted molar refractivity (Wildman–Crippen MR) is 205 cm³/mol. The normalized spacial score (nSPS) is 18.7. The Kier molecular flexibility index (Phi) is 13.0. The summed E-state index contributed by atoms with van der Waals surface area (Å²) in [5.41, 5.74) is 0.875. The zero-order chi connectivity index (χ0) is 36.6. The molecule has 1 fully saturated rings. The summed E-state index contributed by atoms with van der Waals surface area (Å²) in [5, 5.41) is 0.950. The molecule has 0 radical (unpaired) electrons. The van der Waals surface area contributed by atoms with Crippen molar-refractivity contribution in [3.8, 4) is 5.75 Å². The number of benzene rings is 3. The van der Waals surface area contributed by atoms with E-state index in [-0.39, 0.29) is 78.0 Å². The van der Waals surface area contributed by atoms with Gasteiger partial charge < -0.3 is 9.64 Å². The van der Waals surface area contributed by atoms with Crippen molar-refractivity contribution in [3.63, 3.8) is 0 Å². The Morgan fingerprint density at radius 1 is 0.882 bits per heavy atom. The quantitative estimate of drug-likeness (QED) is 0.244. The lowest BCUT2D eigenvalue weighted by molar-refractivity contribution is 0.143. The third-order valence-corrected chi connectivity index (χ3v) is 12.9. The molecular weight excluding hydrogens is 780 g/mol. The van der Waals surface area contributed by atoms with Crippen LogP contribution in [0.2, 0.25) is 15.1 Å². The fourth-order valence-electron chi connectivity index (χ4n) is 6.00. The summed E-state index contributed by atoms with van der Waals surface area (Å²) >= 11 is 19.2. The van der Waals surface area contributed by atoms with Gasteiger partial charge in [0, 0.05) is 47.8 Å². The molecule has 1 saturated heterocycles. The number of nitrogens with one attached hydrogen (secondary N) is 1. The molecular formula is C34H41Cl4N5O6S2. The average molecular weight is 822 g/mol. The highest BCUT2D eigenvalue weighted by Gasteiger charge is 2.46. The minimum absolute atomic E-state index is 0. The monoisotopic (exact) mass is 819 g/mol. The first-order valence-corrected chi connectivity index (χ1v) is 20.3. The second-order valence-electron chi connectivity index (χ2n) is 13.0. The number of ether oxygens (including phenoxy) is 1. The molecule has 1 N–H and O–H groups in total. The number of sulfonamides is 2. The lowest BCUT2D eigenvalue weighted by atomic mass is 9.93. The molecule has 0 bridgehead atoms. The van der Waals surface area contributed by atoms with Crippen molar-refractivity contribution in [2.24, 2.45) is 4.99 Å². The van der Waals surface area contributed by atoms with E-state index < -0.39 is 43.7 Å². The molecule has 2 amide bonds. The van der Waals surface area contributed by atoms with Gasteiger partial charge in [-0.1, -0.05) is 59.1 Å². The summed E-state index contributed by atoms with van der Waals surface area (Å²) in [6, 6.07) is 15.2. The van der Waals surface area contributed by atoms with Crippen LogP contribution >= 0.6 is 47.2 Å². The number of piperazine rings is 1.